The minimum absolute atomic E-state index is 0.200. The van der Waals surface area contributed by atoms with Gasteiger partial charge in [0.1, 0.15) is 0 Å². The Bertz CT molecular complexity index is 195. The van der Waals surface area contributed by atoms with Gasteiger partial charge in [0.25, 0.3) is 0 Å². The number of hydrogen-bond donors (Lipinski definition) is 1. The molecule has 0 atom stereocenters. The highest BCUT2D eigenvalue weighted by molar-refractivity contribution is 5.26. The Hall–Kier alpha value is -0.560. The van der Waals surface area contributed by atoms with E-state index < -0.39 is 0 Å². The maximum Gasteiger partial charge on any atom is 0.0615 e. The number of hydrogen-bond acceptors (Lipinski definition) is 1. The van der Waals surface area contributed by atoms with E-state index >= 15 is 0 Å². The van der Waals surface area contributed by atoms with Crippen molar-refractivity contribution in [2.75, 3.05) is 6.61 Å². The molecule has 1 N–H and O–H groups in total. The molecule has 0 radical (unpaired) electrons. The van der Waals surface area contributed by atoms with Crippen LogP contribution in [-0.2, 0) is 0 Å². The molecule has 0 bridgehead atoms. The summed E-state index contributed by atoms with van der Waals surface area (Å²) in [5.41, 5.74) is 4.42. The average Bonchev–Trinajstić information content (AvgIpc) is 2.37. The van der Waals surface area contributed by atoms with Crippen molar-refractivity contribution in [2.45, 2.75) is 33.1 Å². The number of aliphatic hydroxyl groups is 1. The normalized spacial score (nSPS) is 21.4. The van der Waals surface area contributed by atoms with E-state index in [1.54, 1.807) is 5.57 Å². The van der Waals surface area contributed by atoms with Crippen LogP contribution in [0.2, 0.25) is 0 Å². The average molecular weight is 152 g/mol. The Kier molecular flexibility index (Phi) is 2.89. The molecule has 1 rings (SSSR count). The molecular formula is C10H16O. The van der Waals surface area contributed by atoms with Crippen LogP contribution in [-0.4, -0.2) is 11.7 Å². The maximum absolute atomic E-state index is 8.66. The van der Waals surface area contributed by atoms with Gasteiger partial charge in [-0.15, -0.1) is 0 Å². The van der Waals surface area contributed by atoms with Crippen molar-refractivity contribution in [3.8, 4) is 0 Å². The number of rotatable bonds is 1. The SMILES string of the molecule is CC(C)=C1CC/C(=C/CO)C1. The van der Waals surface area contributed by atoms with Gasteiger partial charge in [-0.3, -0.25) is 0 Å². The predicted molar refractivity (Wildman–Crippen MR) is 47.4 cm³/mol. The van der Waals surface area contributed by atoms with Crippen LogP contribution in [0.4, 0.5) is 0 Å². The lowest BCUT2D eigenvalue weighted by atomic mass is 10.1. The van der Waals surface area contributed by atoms with Crippen molar-refractivity contribution in [1.82, 2.24) is 0 Å². The molecule has 0 aliphatic heterocycles. The highest BCUT2D eigenvalue weighted by atomic mass is 16.2. The Morgan fingerprint density at radius 2 is 2.18 bits per heavy atom. The summed E-state index contributed by atoms with van der Waals surface area (Å²) in [5.74, 6) is 0. The summed E-state index contributed by atoms with van der Waals surface area (Å²) >= 11 is 0. The standard InChI is InChI=1S/C10H16O/c1-8(2)10-4-3-9(7-10)5-6-11/h5,11H,3-4,6-7H2,1-2H3/b9-5-. The fraction of sp³-hybridized carbons (Fsp3) is 0.600. The second-order valence-corrected chi connectivity index (χ2v) is 3.33. The number of allylic oxidation sites excluding steroid dienone is 3. The van der Waals surface area contributed by atoms with Crippen molar-refractivity contribution in [3.05, 3.63) is 22.8 Å². The minimum Gasteiger partial charge on any atom is -0.392 e. The van der Waals surface area contributed by atoms with Gasteiger partial charge in [-0.1, -0.05) is 22.8 Å². The van der Waals surface area contributed by atoms with Crippen molar-refractivity contribution >= 4 is 0 Å². The molecule has 1 nitrogen and oxygen atoms in total. The summed E-state index contributed by atoms with van der Waals surface area (Å²) in [7, 11) is 0. The number of aliphatic hydroxyl groups excluding tert-OH is 1. The first-order valence-electron chi connectivity index (χ1n) is 4.18. The minimum atomic E-state index is 0.200. The lowest BCUT2D eigenvalue weighted by Gasteiger charge is -1.96. The fourth-order valence-electron chi connectivity index (χ4n) is 1.49. The van der Waals surface area contributed by atoms with Crippen LogP contribution in [0.3, 0.4) is 0 Å². The summed E-state index contributed by atoms with van der Waals surface area (Å²) < 4.78 is 0. The molecule has 0 aromatic rings. The lowest BCUT2D eigenvalue weighted by molar-refractivity contribution is 0.341. The highest BCUT2D eigenvalue weighted by Gasteiger charge is 2.12. The smallest absolute Gasteiger partial charge is 0.0615 e. The topological polar surface area (TPSA) is 20.2 Å². The van der Waals surface area contributed by atoms with Crippen LogP contribution in [0.25, 0.3) is 0 Å². The van der Waals surface area contributed by atoms with Gasteiger partial charge >= 0.3 is 0 Å². The summed E-state index contributed by atoms with van der Waals surface area (Å²) in [4.78, 5) is 0. The first kappa shape index (κ1) is 8.54. The molecule has 0 unspecified atom stereocenters. The van der Waals surface area contributed by atoms with E-state index in [1.807, 2.05) is 6.08 Å². The summed E-state index contributed by atoms with van der Waals surface area (Å²) in [5, 5.41) is 8.66. The van der Waals surface area contributed by atoms with Gasteiger partial charge in [0, 0.05) is 0 Å². The molecule has 1 aliphatic rings. The zero-order valence-corrected chi connectivity index (χ0v) is 7.35. The molecule has 0 spiro atoms. The first-order chi connectivity index (χ1) is 5.24. The molecule has 11 heavy (non-hydrogen) atoms. The van der Waals surface area contributed by atoms with E-state index in [1.165, 1.54) is 17.6 Å². The van der Waals surface area contributed by atoms with Crippen LogP contribution in [0.1, 0.15) is 33.1 Å². The van der Waals surface area contributed by atoms with E-state index in [0.717, 1.165) is 12.8 Å². The second kappa shape index (κ2) is 3.72. The molecule has 0 heterocycles. The van der Waals surface area contributed by atoms with Gasteiger partial charge in [0.2, 0.25) is 0 Å². The second-order valence-electron chi connectivity index (χ2n) is 3.33. The van der Waals surface area contributed by atoms with Crippen LogP contribution in [0.15, 0.2) is 22.8 Å². The van der Waals surface area contributed by atoms with Crippen LogP contribution in [0.5, 0.6) is 0 Å². The Morgan fingerprint density at radius 1 is 1.45 bits per heavy atom. The highest BCUT2D eigenvalue weighted by Crippen LogP contribution is 2.31. The molecule has 1 fully saturated rings. The molecule has 1 heteroatoms. The molecule has 0 saturated heterocycles. The summed E-state index contributed by atoms with van der Waals surface area (Å²) in [6.07, 6.45) is 5.40. The van der Waals surface area contributed by atoms with Gasteiger partial charge in [-0.25, -0.2) is 0 Å². The van der Waals surface area contributed by atoms with E-state index in [2.05, 4.69) is 13.8 Å². The fourth-order valence-corrected chi connectivity index (χ4v) is 1.49. The quantitative estimate of drug-likeness (QED) is 0.572. The van der Waals surface area contributed by atoms with Crippen LogP contribution < -0.4 is 0 Å². The van der Waals surface area contributed by atoms with E-state index in [-0.39, 0.29) is 6.61 Å². The summed E-state index contributed by atoms with van der Waals surface area (Å²) in [6.45, 7) is 4.53. The molecule has 1 aliphatic carbocycles. The lowest BCUT2D eigenvalue weighted by Crippen LogP contribution is -1.79. The monoisotopic (exact) mass is 152 g/mol. The Morgan fingerprint density at radius 3 is 2.64 bits per heavy atom. The van der Waals surface area contributed by atoms with Crippen molar-refractivity contribution in [3.63, 3.8) is 0 Å². The third-order valence-corrected chi connectivity index (χ3v) is 2.28. The third-order valence-electron chi connectivity index (χ3n) is 2.28. The van der Waals surface area contributed by atoms with Gasteiger partial charge in [0.05, 0.1) is 6.61 Å². The summed E-state index contributed by atoms with van der Waals surface area (Å²) in [6, 6.07) is 0. The zero-order chi connectivity index (χ0) is 8.27. The Labute approximate surface area is 68.4 Å². The van der Waals surface area contributed by atoms with Crippen molar-refractivity contribution in [1.29, 1.82) is 0 Å². The molecule has 62 valence electrons. The van der Waals surface area contributed by atoms with Gasteiger partial charge in [-0.05, 0) is 33.1 Å². The predicted octanol–water partition coefficient (Wildman–Crippen LogP) is 2.43. The van der Waals surface area contributed by atoms with Crippen molar-refractivity contribution < 1.29 is 5.11 Å². The zero-order valence-electron chi connectivity index (χ0n) is 7.35. The largest absolute Gasteiger partial charge is 0.392 e. The molecule has 0 amide bonds. The Balaban J connectivity index is 2.61. The molecule has 1 saturated carbocycles. The van der Waals surface area contributed by atoms with Crippen molar-refractivity contribution in [2.24, 2.45) is 0 Å². The van der Waals surface area contributed by atoms with Gasteiger partial charge in [0.15, 0.2) is 0 Å². The molecular weight excluding hydrogens is 136 g/mol. The van der Waals surface area contributed by atoms with E-state index in [4.69, 9.17) is 5.11 Å². The molecule has 0 aromatic carbocycles. The van der Waals surface area contributed by atoms with Crippen LogP contribution >= 0.6 is 0 Å². The maximum atomic E-state index is 8.66. The van der Waals surface area contributed by atoms with Gasteiger partial charge < -0.3 is 5.11 Å². The third kappa shape index (κ3) is 2.19. The van der Waals surface area contributed by atoms with Gasteiger partial charge in [-0.2, -0.15) is 0 Å². The van der Waals surface area contributed by atoms with Crippen LogP contribution in [0, 0.1) is 0 Å². The molecule has 0 aromatic heterocycles. The first-order valence-corrected chi connectivity index (χ1v) is 4.18. The van der Waals surface area contributed by atoms with E-state index in [0.29, 0.717) is 0 Å². The van der Waals surface area contributed by atoms with E-state index in [9.17, 15) is 0 Å².